The fourth-order valence-corrected chi connectivity index (χ4v) is 3.61. The van der Waals surface area contributed by atoms with E-state index in [2.05, 4.69) is 11.2 Å². The van der Waals surface area contributed by atoms with Crippen molar-refractivity contribution in [1.29, 1.82) is 0 Å². The molecule has 4 rings (SSSR count). The topological polar surface area (TPSA) is 94.2 Å². The summed E-state index contributed by atoms with van der Waals surface area (Å²) in [5.74, 6) is 2.19. The monoisotopic (exact) mass is 496 g/mol. The molecule has 1 aliphatic rings. The first-order valence-corrected chi connectivity index (χ1v) is 11.3. The third-order valence-electron chi connectivity index (χ3n) is 5.53. The van der Waals surface area contributed by atoms with E-state index in [0.717, 1.165) is 16.0 Å². The fourth-order valence-electron chi connectivity index (χ4n) is 3.61. The molecule has 1 N–H and O–H groups in total. The molecule has 0 unspecified atom stereocenters. The molecular weight excluding hydrogens is 472 g/mol. The number of methoxy groups -OCH3 is 1. The standard InChI is InChI=1S/C29H24N2O6/c1-4-15-36-25-14-9-21(17-26(25)35-3)16-24-27(32)30-29(34)31(28(24)33)22-10-12-23(13-11-22)37-18-20-7-5-19(2)6-8-20/h1,5-14,16-17H,15,18H2,2-3H3,(H,30,32,34). The second-order valence-corrected chi connectivity index (χ2v) is 8.13. The molecule has 1 saturated heterocycles. The summed E-state index contributed by atoms with van der Waals surface area (Å²) in [4.78, 5) is 39.2. The Morgan fingerprint density at radius 1 is 0.946 bits per heavy atom. The van der Waals surface area contributed by atoms with Gasteiger partial charge in [-0.25, -0.2) is 9.69 Å². The number of carbonyl (C=O) groups excluding carboxylic acids is 3. The van der Waals surface area contributed by atoms with Gasteiger partial charge in [0.2, 0.25) is 0 Å². The van der Waals surface area contributed by atoms with Gasteiger partial charge < -0.3 is 14.2 Å². The number of imide groups is 2. The molecule has 8 nitrogen and oxygen atoms in total. The SMILES string of the molecule is C#CCOc1ccc(C=C2C(=O)NC(=O)N(c3ccc(OCc4ccc(C)cc4)cc3)C2=O)cc1OC. The zero-order chi connectivity index (χ0) is 26.4. The number of amides is 4. The van der Waals surface area contributed by atoms with E-state index in [4.69, 9.17) is 20.6 Å². The minimum Gasteiger partial charge on any atom is -0.493 e. The third kappa shape index (κ3) is 5.80. The van der Waals surface area contributed by atoms with E-state index in [1.54, 1.807) is 42.5 Å². The van der Waals surface area contributed by atoms with E-state index in [9.17, 15) is 14.4 Å². The predicted molar refractivity (Wildman–Crippen MR) is 138 cm³/mol. The van der Waals surface area contributed by atoms with Crippen LogP contribution in [0, 0.1) is 19.3 Å². The van der Waals surface area contributed by atoms with Gasteiger partial charge in [0, 0.05) is 0 Å². The first-order valence-electron chi connectivity index (χ1n) is 11.3. The second kappa shape index (κ2) is 11.1. The molecule has 1 fully saturated rings. The van der Waals surface area contributed by atoms with Crippen LogP contribution in [-0.4, -0.2) is 31.6 Å². The summed E-state index contributed by atoms with van der Waals surface area (Å²) in [6.45, 7) is 2.45. The van der Waals surface area contributed by atoms with Gasteiger partial charge in [0.25, 0.3) is 11.8 Å². The molecule has 0 saturated carbocycles. The Balaban J connectivity index is 1.53. The van der Waals surface area contributed by atoms with E-state index in [1.165, 1.54) is 13.2 Å². The van der Waals surface area contributed by atoms with Gasteiger partial charge in [0.05, 0.1) is 12.8 Å². The second-order valence-electron chi connectivity index (χ2n) is 8.13. The number of carbonyl (C=O) groups is 3. The summed E-state index contributed by atoms with van der Waals surface area (Å²) in [5, 5.41) is 2.21. The van der Waals surface area contributed by atoms with Crippen LogP contribution in [0.15, 0.2) is 72.3 Å². The van der Waals surface area contributed by atoms with Gasteiger partial charge in [-0.1, -0.05) is 41.8 Å². The molecule has 0 aromatic heterocycles. The predicted octanol–water partition coefficient (Wildman–Crippen LogP) is 4.26. The van der Waals surface area contributed by atoms with Gasteiger partial charge in [0.15, 0.2) is 11.5 Å². The van der Waals surface area contributed by atoms with Crippen molar-refractivity contribution in [3.05, 3.63) is 89.0 Å². The quantitative estimate of drug-likeness (QED) is 0.285. The lowest BCUT2D eigenvalue weighted by molar-refractivity contribution is -0.122. The van der Waals surface area contributed by atoms with Crippen molar-refractivity contribution in [2.45, 2.75) is 13.5 Å². The summed E-state index contributed by atoms with van der Waals surface area (Å²) >= 11 is 0. The number of urea groups is 1. The van der Waals surface area contributed by atoms with Gasteiger partial charge in [-0.2, -0.15) is 0 Å². The molecule has 0 aliphatic carbocycles. The molecule has 0 atom stereocenters. The number of nitrogens with one attached hydrogen (secondary N) is 1. The Hall–Kier alpha value is -5.03. The number of nitrogens with zero attached hydrogens (tertiary/aromatic N) is 1. The van der Waals surface area contributed by atoms with Crippen LogP contribution in [0.1, 0.15) is 16.7 Å². The van der Waals surface area contributed by atoms with Gasteiger partial charge >= 0.3 is 6.03 Å². The number of hydrogen-bond donors (Lipinski definition) is 1. The number of benzene rings is 3. The lowest BCUT2D eigenvalue weighted by Crippen LogP contribution is -2.54. The summed E-state index contributed by atoms with van der Waals surface area (Å²) in [5.41, 5.74) is 2.76. The molecule has 3 aromatic carbocycles. The van der Waals surface area contributed by atoms with Crippen LogP contribution in [0.2, 0.25) is 0 Å². The summed E-state index contributed by atoms with van der Waals surface area (Å²) in [6, 6.07) is 18.5. The van der Waals surface area contributed by atoms with E-state index < -0.39 is 17.8 Å². The number of aryl methyl sites for hydroxylation is 1. The Morgan fingerprint density at radius 3 is 2.35 bits per heavy atom. The third-order valence-corrected chi connectivity index (χ3v) is 5.53. The molecule has 1 aliphatic heterocycles. The zero-order valence-corrected chi connectivity index (χ0v) is 20.3. The largest absolute Gasteiger partial charge is 0.493 e. The van der Waals surface area contributed by atoms with E-state index >= 15 is 0 Å². The molecule has 0 bridgehead atoms. The molecule has 0 spiro atoms. The van der Waals surface area contributed by atoms with Crippen molar-refractivity contribution in [3.63, 3.8) is 0 Å². The highest BCUT2D eigenvalue weighted by atomic mass is 16.5. The molecule has 37 heavy (non-hydrogen) atoms. The number of terminal acetylenes is 1. The van der Waals surface area contributed by atoms with Crippen LogP contribution >= 0.6 is 0 Å². The lowest BCUT2D eigenvalue weighted by Gasteiger charge is -2.26. The summed E-state index contributed by atoms with van der Waals surface area (Å²) in [6.07, 6.45) is 6.61. The number of hydrogen-bond acceptors (Lipinski definition) is 6. The molecule has 1 heterocycles. The van der Waals surface area contributed by atoms with Gasteiger partial charge in [-0.05, 0) is 60.5 Å². The van der Waals surface area contributed by atoms with Crippen LogP contribution in [0.25, 0.3) is 6.08 Å². The van der Waals surface area contributed by atoms with Crippen LogP contribution in [0.3, 0.4) is 0 Å². The molecular formula is C29H24N2O6. The highest BCUT2D eigenvalue weighted by Gasteiger charge is 2.36. The Morgan fingerprint density at radius 2 is 1.68 bits per heavy atom. The van der Waals surface area contributed by atoms with Gasteiger partial charge in [-0.15, -0.1) is 6.42 Å². The van der Waals surface area contributed by atoms with Gasteiger partial charge in [0.1, 0.15) is 24.5 Å². The van der Waals surface area contributed by atoms with E-state index in [1.807, 2.05) is 31.2 Å². The Bertz CT molecular complexity index is 1400. The maximum atomic E-state index is 13.2. The number of rotatable bonds is 8. The first-order chi connectivity index (χ1) is 17.9. The van der Waals surface area contributed by atoms with Crippen LogP contribution in [0.4, 0.5) is 10.5 Å². The van der Waals surface area contributed by atoms with Crippen molar-refractivity contribution in [1.82, 2.24) is 5.32 Å². The van der Waals surface area contributed by atoms with Crippen molar-refractivity contribution in [2.24, 2.45) is 0 Å². The first kappa shape index (κ1) is 25.1. The zero-order valence-electron chi connectivity index (χ0n) is 20.3. The highest BCUT2D eigenvalue weighted by Crippen LogP contribution is 2.30. The molecule has 0 radical (unpaired) electrons. The number of ether oxygens (including phenoxy) is 3. The van der Waals surface area contributed by atoms with E-state index in [0.29, 0.717) is 35.1 Å². The van der Waals surface area contributed by atoms with Crippen molar-refractivity contribution in [2.75, 3.05) is 18.6 Å². The average Bonchev–Trinajstić information content (AvgIpc) is 2.90. The Kier molecular flexibility index (Phi) is 7.55. The Labute approximate surface area is 214 Å². The van der Waals surface area contributed by atoms with Gasteiger partial charge in [-0.3, -0.25) is 14.9 Å². The van der Waals surface area contributed by atoms with Crippen LogP contribution in [-0.2, 0) is 16.2 Å². The summed E-state index contributed by atoms with van der Waals surface area (Å²) in [7, 11) is 1.46. The van der Waals surface area contributed by atoms with E-state index in [-0.39, 0.29) is 12.2 Å². The molecule has 186 valence electrons. The normalized spacial score (nSPS) is 14.2. The van der Waals surface area contributed by atoms with Crippen molar-refractivity contribution >= 4 is 29.6 Å². The maximum absolute atomic E-state index is 13.2. The lowest BCUT2D eigenvalue weighted by atomic mass is 10.1. The molecule has 3 aromatic rings. The van der Waals surface area contributed by atoms with Crippen LogP contribution < -0.4 is 24.4 Å². The molecule has 8 heteroatoms. The number of anilines is 1. The van der Waals surface area contributed by atoms with Crippen molar-refractivity contribution < 1.29 is 28.6 Å². The molecule has 4 amide bonds. The minimum absolute atomic E-state index is 0.0601. The summed E-state index contributed by atoms with van der Waals surface area (Å²) < 4.78 is 16.5. The average molecular weight is 497 g/mol. The van der Waals surface area contributed by atoms with Crippen molar-refractivity contribution in [3.8, 4) is 29.6 Å². The number of barbiturate groups is 1. The minimum atomic E-state index is -0.837. The van der Waals surface area contributed by atoms with Crippen LogP contribution in [0.5, 0.6) is 17.2 Å². The highest BCUT2D eigenvalue weighted by molar-refractivity contribution is 6.39. The smallest absolute Gasteiger partial charge is 0.335 e. The fraction of sp³-hybridized carbons (Fsp3) is 0.138. The maximum Gasteiger partial charge on any atom is 0.335 e.